The first-order chi connectivity index (χ1) is 14.5. The van der Waals surface area contributed by atoms with Gasteiger partial charge in [0.15, 0.2) is 11.5 Å². The van der Waals surface area contributed by atoms with Crippen LogP contribution < -0.4 is 14.8 Å². The Labute approximate surface area is 185 Å². The van der Waals surface area contributed by atoms with Crippen LogP contribution in [0.5, 0.6) is 11.5 Å². The van der Waals surface area contributed by atoms with Gasteiger partial charge in [-0.3, -0.25) is 4.79 Å². The first-order valence-corrected chi connectivity index (χ1v) is 10.2. The third kappa shape index (κ3) is 4.71. The molecule has 0 saturated heterocycles. The quantitative estimate of drug-likeness (QED) is 0.479. The van der Waals surface area contributed by atoms with Crippen molar-refractivity contribution in [3.8, 4) is 22.8 Å². The number of halogens is 2. The summed E-state index contributed by atoms with van der Waals surface area (Å²) in [5.74, 6) is 1.31. The average molecular weight is 449 g/mol. The van der Waals surface area contributed by atoms with E-state index >= 15 is 0 Å². The lowest BCUT2D eigenvalue weighted by atomic mass is 10.1. The molecule has 2 aromatic carbocycles. The highest BCUT2D eigenvalue weighted by atomic mass is 35.5. The molecule has 6 nitrogen and oxygen atoms in total. The van der Waals surface area contributed by atoms with E-state index < -0.39 is 0 Å². The number of nitrogens with one attached hydrogen (secondary N) is 1. The smallest absolute Gasteiger partial charge is 0.257 e. The molecule has 158 valence electrons. The Morgan fingerprint density at radius 3 is 2.57 bits per heavy atom. The fourth-order valence-electron chi connectivity index (χ4n) is 2.96. The number of carbonyl (C=O) groups is 1. The summed E-state index contributed by atoms with van der Waals surface area (Å²) in [6.45, 7) is 4.59. The van der Waals surface area contributed by atoms with Crippen LogP contribution in [-0.4, -0.2) is 24.8 Å². The minimum atomic E-state index is -0.343. The maximum Gasteiger partial charge on any atom is 0.257 e. The van der Waals surface area contributed by atoms with Gasteiger partial charge in [0.2, 0.25) is 0 Å². The molecule has 0 saturated carbocycles. The largest absolute Gasteiger partial charge is 0.493 e. The van der Waals surface area contributed by atoms with E-state index in [-0.39, 0.29) is 12.5 Å². The van der Waals surface area contributed by atoms with Gasteiger partial charge in [-0.05, 0) is 43.2 Å². The molecular weight excluding hydrogens is 427 g/mol. The number of methoxy groups -OCH3 is 1. The van der Waals surface area contributed by atoms with E-state index in [1.807, 2.05) is 25.1 Å². The van der Waals surface area contributed by atoms with Crippen LogP contribution in [0.15, 0.2) is 40.9 Å². The number of hydrogen-bond acceptors (Lipinski definition) is 5. The van der Waals surface area contributed by atoms with Crippen LogP contribution in [0, 0.1) is 6.92 Å². The van der Waals surface area contributed by atoms with Crippen LogP contribution in [-0.2, 0) is 6.54 Å². The number of ether oxygens (including phenoxy) is 2. The molecule has 0 unspecified atom stereocenters. The van der Waals surface area contributed by atoms with Gasteiger partial charge in [-0.2, -0.15) is 0 Å². The van der Waals surface area contributed by atoms with Crippen molar-refractivity contribution in [2.24, 2.45) is 0 Å². The molecule has 0 spiro atoms. The highest BCUT2D eigenvalue weighted by Crippen LogP contribution is 2.36. The zero-order valence-corrected chi connectivity index (χ0v) is 18.4. The Hall–Kier alpha value is -2.70. The highest BCUT2D eigenvalue weighted by molar-refractivity contribution is 6.39. The summed E-state index contributed by atoms with van der Waals surface area (Å²) in [6.07, 6.45) is 0.900. The van der Waals surface area contributed by atoms with Gasteiger partial charge in [0, 0.05) is 12.1 Å². The van der Waals surface area contributed by atoms with Gasteiger partial charge in [0.25, 0.3) is 5.91 Å². The minimum absolute atomic E-state index is 0.281. The minimum Gasteiger partial charge on any atom is -0.493 e. The molecule has 8 heteroatoms. The summed E-state index contributed by atoms with van der Waals surface area (Å²) in [5, 5.41) is 7.67. The molecule has 30 heavy (non-hydrogen) atoms. The van der Waals surface area contributed by atoms with Gasteiger partial charge in [-0.1, -0.05) is 47.4 Å². The summed E-state index contributed by atoms with van der Waals surface area (Å²) < 4.78 is 16.3. The molecule has 1 amide bonds. The first-order valence-electron chi connectivity index (χ1n) is 9.44. The molecule has 1 N–H and O–H groups in total. The number of hydrogen-bond donors (Lipinski definition) is 1. The molecule has 1 heterocycles. The number of aromatic nitrogens is 1. The number of nitrogens with zero attached hydrogens (tertiary/aromatic N) is 1. The van der Waals surface area contributed by atoms with Crippen molar-refractivity contribution >= 4 is 29.1 Å². The monoisotopic (exact) mass is 448 g/mol. The normalized spacial score (nSPS) is 10.7. The second-order valence-corrected chi connectivity index (χ2v) is 7.39. The van der Waals surface area contributed by atoms with Crippen LogP contribution in [0.25, 0.3) is 11.3 Å². The maximum atomic E-state index is 12.9. The van der Waals surface area contributed by atoms with Crippen molar-refractivity contribution in [2.45, 2.75) is 26.8 Å². The zero-order chi connectivity index (χ0) is 21.7. The third-order valence-electron chi connectivity index (χ3n) is 4.43. The van der Waals surface area contributed by atoms with E-state index in [4.69, 9.17) is 37.2 Å². The molecule has 0 radical (unpaired) electrons. The lowest BCUT2D eigenvalue weighted by Crippen LogP contribution is -2.23. The Balaban J connectivity index is 1.80. The molecule has 0 bridgehead atoms. The van der Waals surface area contributed by atoms with Crippen molar-refractivity contribution in [1.29, 1.82) is 0 Å². The van der Waals surface area contributed by atoms with Gasteiger partial charge < -0.3 is 19.3 Å². The van der Waals surface area contributed by atoms with E-state index in [1.165, 1.54) is 0 Å². The number of rotatable bonds is 8. The van der Waals surface area contributed by atoms with Crippen LogP contribution in [0.4, 0.5) is 0 Å². The Morgan fingerprint density at radius 2 is 1.90 bits per heavy atom. The first kappa shape index (κ1) is 22.0. The molecular formula is C22H22Cl2N2O4. The van der Waals surface area contributed by atoms with Gasteiger partial charge in [0.1, 0.15) is 17.0 Å². The van der Waals surface area contributed by atoms with Gasteiger partial charge in [0.05, 0.1) is 23.8 Å². The lowest BCUT2D eigenvalue weighted by molar-refractivity contribution is 0.0950. The zero-order valence-electron chi connectivity index (χ0n) is 16.9. The standard InChI is InChI=1S/C22H22Cl2N2O4/c1-4-10-29-17-9-8-14(11-18(17)28-3)12-25-22(27)19-13(2)30-26-21(19)20-15(23)6-5-7-16(20)24/h5-9,11H,4,10,12H2,1-3H3,(H,25,27). The molecule has 3 aromatic rings. The molecule has 3 rings (SSSR count). The molecule has 0 fully saturated rings. The number of carbonyl (C=O) groups excluding carboxylic acids is 1. The average Bonchev–Trinajstić information content (AvgIpc) is 3.11. The number of aryl methyl sites for hydroxylation is 1. The van der Waals surface area contributed by atoms with Crippen LogP contribution >= 0.6 is 23.2 Å². The fraction of sp³-hybridized carbons (Fsp3) is 0.273. The lowest BCUT2D eigenvalue weighted by Gasteiger charge is -2.12. The maximum absolute atomic E-state index is 12.9. The Kier molecular flexibility index (Phi) is 7.24. The molecule has 0 aliphatic carbocycles. The van der Waals surface area contributed by atoms with Gasteiger partial charge in [-0.15, -0.1) is 0 Å². The number of benzene rings is 2. The Morgan fingerprint density at radius 1 is 1.17 bits per heavy atom. The van der Waals surface area contributed by atoms with E-state index in [0.29, 0.717) is 50.7 Å². The number of amides is 1. The van der Waals surface area contributed by atoms with Crippen LogP contribution in [0.1, 0.15) is 35.0 Å². The molecule has 1 aromatic heterocycles. The third-order valence-corrected chi connectivity index (χ3v) is 5.06. The fourth-order valence-corrected chi connectivity index (χ4v) is 3.53. The van der Waals surface area contributed by atoms with Gasteiger partial charge >= 0.3 is 0 Å². The van der Waals surface area contributed by atoms with Crippen LogP contribution in [0.3, 0.4) is 0 Å². The van der Waals surface area contributed by atoms with E-state index in [1.54, 1.807) is 32.2 Å². The highest BCUT2D eigenvalue weighted by Gasteiger charge is 2.24. The summed E-state index contributed by atoms with van der Waals surface area (Å²) in [7, 11) is 1.58. The van der Waals surface area contributed by atoms with E-state index in [0.717, 1.165) is 12.0 Å². The predicted octanol–water partition coefficient (Wildman–Crippen LogP) is 5.68. The summed E-state index contributed by atoms with van der Waals surface area (Å²) >= 11 is 12.6. The molecule has 0 aliphatic rings. The SMILES string of the molecule is CCCOc1ccc(CNC(=O)c2c(-c3c(Cl)cccc3Cl)noc2C)cc1OC. The molecule has 0 aliphatic heterocycles. The van der Waals surface area contributed by atoms with E-state index in [2.05, 4.69) is 10.5 Å². The Bertz CT molecular complexity index is 1030. The second-order valence-electron chi connectivity index (χ2n) is 6.58. The van der Waals surface area contributed by atoms with Crippen molar-refractivity contribution in [2.75, 3.05) is 13.7 Å². The van der Waals surface area contributed by atoms with Crippen LogP contribution in [0.2, 0.25) is 10.0 Å². The summed E-state index contributed by atoms with van der Waals surface area (Å²) in [5.41, 5.74) is 1.92. The van der Waals surface area contributed by atoms with E-state index in [9.17, 15) is 4.79 Å². The summed E-state index contributed by atoms with van der Waals surface area (Å²) in [4.78, 5) is 12.9. The van der Waals surface area contributed by atoms with Crippen molar-refractivity contribution < 1.29 is 18.8 Å². The summed E-state index contributed by atoms with van der Waals surface area (Å²) in [6, 6.07) is 10.6. The van der Waals surface area contributed by atoms with Crippen molar-refractivity contribution in [3.63, 3.8) is 0 Å². The second kappa shape index (κ2) is 9.87. The topological polar surface area (TPSA) is 73.6 Å². The van der Waals surface area contributed by atoms with Gasteiger partial charge in [-0.25, -0.2) is 0 Å². The molecule has 0 atom stereocenters. The van der Waals surface area contributed by atoms with Crippen molar-refractivity contribution in [3.05, 3.63) is 63.3 Å². The predicted molar refractivity (Wildman–Crippen MR) is 117 cm³/mol. The van der Waals surface area contributed by atoms with Crippen molar-refractivity contribution in [1.82, 2.24) is 10.5 Å².